The Morgan fingerprint density at radius 2 is 1.14 bits per heavy atom. The highest BCUT2D eigenvalue weighted by Crippen LogP contribution is 2.56. The summed E-state index contributed by atoms with van der Waals surface area (Å²) in [6.45, 7) is 4.77. The zero-order valence-corrected chi connectivity index (χ0v) is 33.0. The van der Waals surface area contributed by atoms with Crippen LogP contribution < -0.4 is 9.64 Å². The van der Waals surface area contributed by atoms with E-state index < -0.39 is 0 Å². The Hall–Kier alpha value is -6.94. The molecular formula is C55H37NOS. The van der Waals surface area contributed by atoms with Crippen LogP contribution in [-0.4, -0.2) is 0 Å². The molecule has 0 N–H and O–H groups in total. The second-order valence-corrected chi connectivity index (χ2v) is 17.1. The Balaban J connectivity index is 1.05. The Labute approximate surface area is 341 Å². The average molecular weight is 760 g/mol. The summed E-state index contributed by atoms with van der Waals surface area (Å²) in [5, 5.41) is 4.92. The Kier molecular flexibility index (Phi) is 7.18. The van der Waals surface area contributed by atoms with Gasteiger partial charge in [0.25, 0.3) is 0 Å². The van der Waals surface area contributed by atoms with Crippen LogP contribution in [0.2, 0.25) is 0 Å². The van der Waals surface area contributed by atoms with Gasteiger partial charge in [-0.15, -0.1) is 11.3 Å². The van der Waals surface area contributed by atoms with Crippen LogP contribution in [0.25, 0.3) is 75.5 Å². The summed E-state index contributed by atoms with van der Waals surface area (Å²) in [5.41, 5.74) is 15.7. The van der Waals surface area contributed by atoms with Gasteiger partial charge in [-0.25, -0.2) is 0 Å². The van der Waals surface area contributed by atoms with Crippen molar-refractivity contribution in [2.45, 2.75) is 19.3 Å². The van der Waals surface area contributed by atoms with Crippen LogP contribution in [0.4, 0.5) is 17.1 Å². The number of nitrogens with zero attached hydrogens (tertiary/aromatic N) is 1. The third-order valence-corrected chi connectivity index (χ3v) is 13.6. The van der Waals surface area contributed by atoms with E-state index in [9.17, 15) is 0 Å². The maximum atomic E-state index is 6.73. The highest BCUT2D eigenvalue weighted by Gasteiger charge is 2.39. The van der Waals surface area contributed by atoms with Crippen LogP contribution in [0.3, 0.4) is 0 Å². The maximum Gasteiger partial charge on any atom is 0.135 e. The average Bonchev–Trinajstić information content (AvgIpc) is 3.77. The van der Waals surface area contributed by atoms with Crippen molar-refractivity contribution in [1.29, 1.82) is 0 Å². The van der Waals surface area contributed by atoms with E-state index >= 15 is 0 Å². The number of benzene rings is 9. The van der Waals surface area contributed by atoms with E-state index in [2.05, 4.69) is 207 Å². The Morgan fingerprint density at radius 1 is 0.448 bits per heavy atom. The summed E-state index contributed by atoms with van der Waals surface area (Å²) in [6, 6.07) is 68.7. The topological polar surface area (TPSA) is 12.5 Å². The zero-order valence-electron chi connectivity index (χ0n) is 32.2. The summed E-state index contributed by atoms with van der Waals surface area (Å²) in [7, 11) is 0. The fourth-order valence-corrected chi connectivity index (χ4v) is 11.0. The van der Waals surface area contributed by atoms with Gasteiger partial charge in [0, 0.05) is 37.5 Å². The summed E-state index contributed by atoms with van der Waals surface area (Å²) in [6.07, 6.45) is 0. The molecule has 9 aromatic carbocycles. The zero-order chi connectivity index (χ0) is 38.5. The van der Waals surface area contributed by atoms with Gasteiger partial charge in [-0.2, -0.15) is 0 Å². The molecule has 0 saturated heterocycles. The molecule has 3 heteroatoms. The van der Waals surface area contributed by atoms with Crippen molar-refractivity contribution in [1.82, 2.24) is 0 Å². The van der Waals surface area contributed by atoms with Crippen LogP contribution in [0.5, 0.6) is 11.5 Å². The summed E-state index contributed by atoms with van der Waals surface area (Å²) < 4.78 is 9.31. The van der Waals surface area contributed by atoms with Crippen molar-refractivity contribution in [2.75, 3.05) is 4.90 Å². The van der Waals surface area contributed by atoms with Gasteiger partial charge in [0.15, 0.2) is 0 Å². The summed E-state index contributed by atoms with van der Waals surface area (Å²) in [5.74, 6) is 1.78. The van der Waals surface area contributed by atoms with Crippen molar-refractivity contribution in [3.63, 3.8) is 0 Å². The normalized spacial score (nSPS) is 13.3. The molecule has 274 valence electrons. The Bertz CT molecular complexity index is 3300. The molecule has 2 nitrogen and oxygen atoms in total. The minimum absolute atomic E-state index is 0.194. The van der Waals surface area contributed by atoms with E-state index in [4.69, 9.17) is 4.74 Å². The number of anilines is 3. The fourth-order valence-electron chi connectivity index (χ4n) is 9.83. The molecule has 2 heterocycles. The second-order valence-electron chi connectivity index (χ2n) is 16.0. The van der Waals surface area contributed by atoms with E-state index in [1.54, 1.807) is 0 Å². The first-order valence-electron chi connectivity index (χ1n) is 20.0. The largest absolute Gasteiger partial charge is 0.456 e. The third kappa shape index (κ3) is 4.84. The molecule has 2 aliphatic rings. The molecule has 1 aliphatic heterocycles. The molecule has 10 aromatic rings. The van der Waals surface area contributed by atoms with E-state index in [1.807, 2.05) is 11.3 Å². The van der Waals surface area contributed by atoms with Gasteiger partial charge in [0.05, 0.1) is 16.1 Å². The summed E-state index contributed by atoms with van der Waals surface area (Å²) in [4.78, 5) is 2.53. The quantitative estimate of drug-likeness (QED) is 0.173. The van der Waals surface area contributed by atoms with Crippen molar-refractivity contribution >= 4 is 59.3 Å². The molecule has 12 rings (SSSR count). The first kappa shape index (κ1) is 33.2. The monoisotopic (exact) mass is 759 g/mol. The molecular weight excluding hydrogens is 723 g/mol. The third-order valence-electron chi connectivity index (χ3n) is 12.4. The van der Waals surface area contributed by atoms with Crippen molar-refractivity contribution in [3.05, 3.63) is 199 Å². The lowest BCUT2D eigenvalue weighted by Crippen LogP contribution is -2.20. The van der Waals surface area contributed by atoms with Gasteiger partial charge in [-0.1, -0.05) is 153 Å². The molecule has 1 aromatic heterocycles. The first-order valence-corrected chi connectivity index (χ1v) is 20.8. The van der Waals surface area contributed by atoms with Gasteiger partial charge >= 0.3 is 0 Å². The first-order chi connectivity index (χ1) is 28.5. The van der Waals surface area contributed by atoms with Gasteiger partial charge < -0.3 is 9.64 Å². The van der Waals surface area contributed by atoms with Crippen LogP contribution in [0.1, 0.15) is 25.0 Å². The van der Waals surface area contributed by atoms with Crippen LogP contribution in [-0.2, 0) is 5.41 Å². The molecule has 0 saturated carbocycles. The van der Waals surface area contributed by atoms with Crippen molar-refractivity contribution in [2.24, 2.45) is 0 Å². The van der Waals surface area contributed by atoms with E-state index in [-0.39, 0.29) is 5.41 Å². The lowest BCUT2D eigenvalue weighted by Gasteiger charge is -2.32. The minimum Gasteiger partial charge on any atom is -0.456 e. The minimum atomic E-state index is -0.194. The van der Waals surface area contributed by atoms with Crippen LogP contribution >= 0.6 is 11.3 Å². The molecule has 58 heavy (non-hydrogen) atoms. The maximum absolute atomic E-state index is 6.73. The van der Waals surface area contributed by atoms with Crippen LogP contribution in [0.15, 0.2) is 188 Å². The number of hydrogen-bond acceptors (Lipinski definition) is 3. The predicted molar refractivity (Wildman–Crippen MR) is 245 cm³/mol. The smallest absolute Gasteiger partial charge is 0.135 e. The number of fused-ring (bicyclic) bond motifs is 8. The van der Waals surface area contributed by atoms with Gasteiger partial charge in [-0.3, -0.25) is 0 Å². The van der Waals surface area contributed by atoms with Crippen molar-refractivity contribution in [3.8, 4) is 56.0 Å². The summed E-state index contributed by atoms with van der Waals surface area (Å²) >= 11 is 1.88. The number of rotatable bonds is 5. The molecule has 0 amide bonds. The molecule has 0 fully saturated rings. The van der Waals surface area contributed by atoms with Crippen LogP contribution in [0, 0.1) is 0 Å². The highest BCUT2D eigenvalue weighted by molar-refractivity contribution is 7.26. The molecule has 1 aliphatic carbocycles. The molecule has 0 spiro atoms. The lowest BCUT2D eigenvalue weighted by molar-refractivity contribution is 0.487. The predicted octanol–water partition coefficient (Wildman–Crippen LogP) is 16.1. The SMILES string of the molecule is CC1(C)c2ccccc2-c2cccc(N(c3cccc(-c4ccc5c6c(cccc46)-c4ccc(-c6ccccc6)cc4O5)c3)c3cccc4c3sc3ccccc34)c21. The van der Waals surface area contributed by atoms with Gasteiger partial charge in [0.2, 0.25) is 0 Å². The number of ether oxygens (including phenoxy) is 1. The standard InChI is InChI=1S/C55H37NOS/c1-55(2)46-24-8-6-18-39(46)44-22-12-25-47(53(44)55)56(48-26-13-23-45-41-19-7-9-27-51(41)58-54(45)48)37-17-10-16-36(32-37)38-30-31-49-52-42(38)20-11-21-43(52)40-29-28-35(33-50(40)57-49)34-14-4-3-5-15-34/h3-33H,1-2H3. The molecule has 0 bridgehead atoms. The molecule has 0 radical (unpaired) electrons. The van der Waals surface area contributed by atoms with E-state index in [0.29, 0.717) is 0 Å². The second kappa shape index (κ2) is 12.5. The van der Waals surface area contributed by atoms with Gasteiger partial charge in [0.1, 0.15) is 11.5 Å². The molecule has 0 unspecified atom stereocenters. The highest BCUT2D eigenvalue weighted by atomic mass is 32.1. The van der Waals surface area contributed by atoms with Gasteiger partial charge in [-0.05, 0) is 104 Å². The lowest BCUT2D eigenvalue weighted by atomic mass is 9.81. The number of thiophene rings is 1. The molecule has 0 atom stereocenters. The fraction of sp³-hybridized carbons (Fsp3) is 0.0545. The van der Waals surface area contributed by atoms with Crippen molar-refractivity contribution < 1.29 is 4.74 Å². The van der Waals surface area contributed by atoms with E-state index in [1.165, 1.54) is 75.9 Å². The number of hydrogen-bond donors (Lipinski definition) is 0. The Morgan fingerprint density at radius 3 is 2.07 bits per heavy atom. The van der Waals surface area contributed by atoms with E-state index in [0.717, 1.165) is 39.3 Å².